The summed E-state index contributed by atoms with van der Waals surface area (Å²) in [6, 6.07) is 3.41. The highest BCUT2D eigenvalue weighted by atomic mass is 32.2. The Balaban J connectivity index is 2.09. The van der Waals surface area contributed by atoms with Crippen molar-refractivity contribution in [2.24, 2.45) is 0 Å². The number of hydrogen-bond acceptors (Lipinski definition) is 7. The van der Waals surface area contributed by atoms with Crippen LogP contribution in [0.1, 0.15) is 28.6 Å². The Labute approximate surface area is 130 Å². The molecule has 1 N–H and O–H groups in total. The Morgan fingerprint density at radius 1 is 1.67 bits per heavy atom. The Hall–Kier alpha value is -1.92. The average molecular weight is 322 g/mol. The van der Waals surface area contributed by atoms with E-state index < -0.39 is 0 Å². The van der Waals surface area contributed by atoms with Gasteiger partial charge in [0.1, 0.15) is 6.54 Å². The van der Waals surface area contributed by atoms with Crippen LogP contribution in [0, 0.1) is 11.3 Å². The largest absolute Gasteiger partial charge is 0.342 e. The molecule has 0 aliphatic rings. The molecule has 0 radical (unpaired) electrons. The minimum absolute atomic E-state index is 0.0424. The number of nitrogens with zero attached hydrogens (tertiary/aromatic N) is 5. The van der Waals surface area contributed by atoms with E-state index in [1.54, 1.807) is 23.2 Å². The molecule has 0 fully saturated rings. The molecule has 0 saturated carbocycles. The minimum atomic E-state index is -0.308. The summed E-state index contributed by atoms with van der Waals surface area (Å²) >= 11 is 3.15. The highest BCUT2D eigenvalue weighted by molar-refractivity contribution is 7.98. The SMILES string of the molecule is CSCC[C@H](NC(=O)c1ccsc1)c1nnn(CC#N)n1. The van der Waals surface area contributed by atoms with E-state index >= 15 is 0 Å². The van der Waals surface area contributed by atoms with E-state index in [4.69, 9.17) is 5.26 Å². The van der Waals surface area contributed by atoms with Crippen LogP contribution in [0.3, 0.4) is 0 Å². The fourth-order valence-corrected chi connectivity index (χ4v) is 2.77. The molecule has 0 aliphatic heterocycles. The summed E-state index contributed by atoms with van der Waals surface area (Å²) in [5.74, 6) is 1.14. The van der Waals surface area contributed by atoms with Gasteiger partial charge in [0.2, 0.25) is 0 Å². The van der Waals surface area contributed by atoms with Crippen molar-refractivity contribution in [3.63, 3.8) is 0 Å². The summed E-state index contributed by atoms with van der Waals surface area (Å²) in [5, 5.41) is 27.1. The van der Waals surface area contributed by atoms with Crippen molar-refractivity contribution in [3.8, 4) is 6.07 Å². The summed E-state index contributed by atoms with van der Waals surface area (Å²) in [7, 11) is 0. The molecule has 0 spiro atoms. The number of rotatable bonds is 7. The molecule has 0 unspecified atom stereocenters. The number of tetrazole rings is 1. The van der Waals surface area contributed by atoms with Gasteiger partial charge in [-0.3, -0.25) is 4.79 Å². The number of carbonyl (C=O) groups is 1. The Bertz CT molecular complexity index is 618. The molecule has 0 bridgehead atoms. The second-order valence-electron chi connectivity index (χ2n) is 4.16. The van der Waals surface area contributed by atoms with Gasteiger partial charge in [-0.2, -0.15) is 28.4 Å². The molecule has 2 aromatic rings. The average Bonchev–Trinajstić information content (AvgIpc) is 3.14. The van der Waals surface area contributed by atoms with E-state index in [0.717, 1.165) is 5.75 Å². The van der Waals surface area contributed by atoms with Crippen LogP contribution < -0.4 is 5.32 Å². The third kappa shape index (κ3) is 4.27. The van der Waals surface area contributed by atoms with Gasteiger partial charge in [-0.05, 0) is 35.1 Å². The predicted molar refractivity (Wildman–Crippen MR) is 81.0 cm³/mol. The van der Waals surface area contributed by atoms with Crippen molar-refractivity contribution < 1.29 is 4.79 Å². The van der Waals surface area contributed by atoms with Crippen LogP contribution in [0.25, 0.3) is 0 Å². The first-order valence-corrected chi connectivity index (χ1v) is 8.55. The van der Waals surface area contributed by atoms with Gasteiger partial charge < -0.3 is 5.32 Å². The van der Waals surface area contributed by atoms with E-state index in [2.05, 4.69) is 20.7 Å². The molecule has 1 amide bonds. The van der Waals surface area contributed by atoms with Crippen LogP contribution in [0.5, 0.6) is 0 Å². The van der Waals surface area contributed by atoms with Crippen LogP contribution in [0.4, 0.5) is 0 Å². The van der Waals surface area contributed by atoms with Crippen molar-refractivity contribution >= 4 is 29.0 Å². The molecule has 2 rings (SSSR count). The maximum Gasteiger partial charge on any atom is 0.252 e. The first-order valence-electron chi connectivity index (χ1n) is 6.21. The Kier molecular flexibility index (Phi) is 5.71. The van der Waals surface area contributed by atoms with E-state index in [0.29, 0.717) is 17.8 Å². The Morgan fingerprint density at radius 2 is 2.52 bits per heavy atom. The van der Waals surface area contributed by atoms with Crippen molar-refractivity contribution in [1.29, 1.82) is 5.26 Å². The number of nitrogens with one attached hydrogen (secondary N) is 1. The first-order chi connectivity index (χ1) is 10.2. The van der Waals surface area contributed by atoms with Crippen molar-refractivity contribution in [3.05, 3.63) is 28.2 Å². The van der Waals surface area contributed by atoms with E-state index in [1.165, 1.54) is 16.1 Å². The monoisotopic (exact) mass is 322 g/mol. The van der Waals surface area contributed by atoms with Gasteiger partial charge in [0, 0.05) is 5.38 Å². The fourth-order valence-electron chi connectivity index (χ4n) is 1.66. The number of thiophene rings is 1. The smallest absolute Gasteiger partial charge is 0.252 e. The molecule has 110 valence electrons. The lowest BCUT2D eigenvalue weighted by Crippen LogP contribution is -2.29. The number of aromatic nitrogens is 4. The number of amides is 1. The van der Waals surface area contributed by atoms with E-state index in [-0.39, 0.29) is 18.5 Å². The third-order valence-electron chi connectivity index (χ3n) is 2.69. The third-order valence-corrected chi connectivity index (χ3v) is 4.02. The normalized spacial score (nSPS) is 11.8. The number of carbonyl (C=O) groups excluding carboxylic acids is 1. The molecule has 1 atom stereocenters. The molecule has 9 heteroatoms. The van der Waals surface area contributed by atoms with Gasteiger partial charge in [-0.1, -0.05) is 0 Å². The van der Waals surface area contributed by atoms with Crippen molar-refractivity contribution in [2.75, 3.05) is 12.0 Å². The molecule has 2 heterocycles. The molecule has 0 aliphatic carbocycles. The van der Waals surface area contributed by atoms with Crippen LogP contribution in [-0.4, -0.2) is 38.1 Å². The van der Waals surface area contributed by atoms with Gasteiger partial charge in [-0.15, -0.1) is 15.0 Å². The number of thioether (sulfide) groups is 1. The summed E-state index contributed by atoms with van der Waals surface area (Å²) in [5.41, 5.74) is 0.624. The van der Waals surface area contributed by atoms with Gasteiger partial charge in [0.05, 0.1) is 17.7 Å². The standard InChI is InChI=1S/C12H14N6OS2/c1-20-6-3-10(11-15-17-18(16-11)5-4-13)14-12(19)9-2-7-21-8-9/h2,7-8,10H,3,5-6H2,1H3,(H,14,19)/t10-/m0/s1. The van der Waals surface area contributed by atoms with Gasteiger partial charge in [0.25, 0.3) is 5.91 Å². The topological polar surface area (TPSA) is 96.5 Å². The predicted octanol–water partition coefficient (Wildman–Crippen LogP) is 1.48. The molecule has 7 nitrogen and oxygen atoms in total. The van der Waals surface area contributed by atoms with Crippen molar-refractivity contribution in [2.45, 2.75) is 19.0 Å². The molecule has 2 aromatic heterocycles. The number of hydrogen-bond donors (Lipinski definition) is 1. The maximum atomic E-state index is 12.1. The van der Waals surface area contributed by atoms with Crippen molar-refractivity contribution in [1.82, 2.24) is 25.5 Å². The van der Waals surface area contributed by atoms with Crippen LogP contribution in [-0.2, 0) is 6.54 Å². The van der Waals surface area contributed by atoms with Crippen LogP contribution >= 0.6 is 23.1 Å². The van der Waals surface area contributed by atoms with Crippen LogP contribution in [0.15, 0.2) is 16.8 Å². The molecule has 21 heavy (non-hydrogen) atoms. The number of nitriles is 1. The molecular formula is C12H14N6OS2. The molecule has 0 aromatic carbocycles. The lowest BCUT2D eigenvalue weighted by Gasteiger charge is -2.14. The second-order valence-corrected chi connectivity index (χ2v) is 5.92. The van der Waals surface area contributed by atoms with E-state index in [1.807, 2.05) is 17.7 Å². The Morgan fingerprint density at radius 3 is 3.19 bits per heavy atom. The molecular weight excluding hydrogens is 308 g/mol. The summed E-state index contributed by atoms with van der Waals surface area (Å²) in [6.45, 7) is 0.0424. The molecule has 0 saturated heterocycles. The zero-order valence-corrected chi connectivity index (χ0v) is 13.0. The minimum Gasteiger partial charge on any atom is -0.342 e. The zero-order valence-electron chi connectivity index (χ0n) is 11.4. The highest BCUT2D eigenvalue weighted by Crippen LogP contribution is 2.16. The first kappa shape index (κ1) is 15.5. The lowest BCUT2D eigenvalue weighted by molar-refractivity contribution is 0.0934. The van der Waals surface area contributed by atoms with Gasteiger partial charge in [-0.25, -0.2) is 0 Å². The fraction of sp³-hybridized carbons (Fsp3) is 0.417. The van der Waals surface area contributed by atoms with Gasteiger partial charge >= 0.3 is 0 Å². The summed E-state index contributed by atoms with van der Waals surface area (Å²) < 4.78 is 0. The maximum absolute atomic E-state index is 12.1. The summed E-state index contributed by atoms with van der Waals surface area (Å²) in [6.07, 6.45) is 2.70. The second kappa shape index (κ2) is 7.75. The summed E-state index contributed by atoms with van der Waals surface area (Å²) in [4.78, 5) is 13.4. The van der Waals surface area contributed by atoms with Gasteiger partial charge in [0.15, 0.2) is 5.82 Å². The van der Waals surface area contributed by atoms with E-state index in [9.17, 15) is 4.79 Å². The van der Waals surface area contributed by atoms with Crippen LogP contribution in [0.2, 0.25) is 0 Å². The highest BCUT2D eigenvalue weighted by Gasteiger charge is 2.20. The lowest BCUT2D eigenvalue weighted by atomic mass is 10.2. The quantitative estimate of drug-likeness (QED) is 0.829. The zero-order chi connectivity index (χ0) is 15.1.